The van der Waals surface area contributed by atoms with Crippen LogP contribution in [0.5, 0.6) is 0 Å². The molecule has 0 heterocycles. The van der Waals surface area contributed by atoms with Crippen molar-refractivity contribution in [2.24, 2.45) is 5.14 Å². The van der Waals surface area contributed by atoms with Crippen LogP contribution in [0.2, 0.25) is 0 Å². The Kier molecular flexibility index (Phi) is 6.19. The van der Waals surface area contributed by atoms with Crippen molar-refractivity contribution in [1.82, 2.24) is 5.32 Å². The Bertz CT molecular complexity index is 1220. The van der Waals surface area contributed by atoms with Crippen LogP contribution in [-0.4, -0.2) is 26.9 Å². The number of rotatable bonds is 6. The third kappa shape index (κ3) is 4.84. The second kappa shape index (κ2) is 8.64. The van der Waals surface area contributed by atoms with E-state index in [1.165, 1.54) is 12.1 Å². The van der Waals surface area contributed by atoms with Crippen LogP contribution in [0, 0.1) is 6.92 Å². The predicted molar refractivity (Wildman–Crippen MR) is 113 cm³/mol. The molecule has 0 saturated heterocycles. The molecule has 3 aromatic rings. The molecule has 0 aliphatic carbocycles. The molecular formula is C22H22N2O5S. The van der Waals surface area contributed by atoms with E-state index in [0.717, 1.165) is 22.4 Å². The summed E-state index contributed by atoms with van der Waals surface area (Å²) in [5, 5.41) is 10.1. The molecule has 1 atom stereocenters. The van der Waals surface area contributed by atoms with E-state index in [1.807, 2.05) is 49.4 Å². The lowest BCUT2D eigenvalue weighted by Gasteiger charge is -2.16. The monoisotopic (exact) mass is 426 g/mol. The van der Waals surface area contributed by atoms with E-state index < -0.39 is 28.5 Å². The molecule has 1 unspecified atom stereocenters. The lowest BCUT2D eigenvalue weighted by Crippen LogP contribution is -2.31. The number of fused-ring (bicyclic) bond motifs is 1. The molecule has 156 valence electrons. The topological polar surface area (TPSA) is 116 Å². The normalized spacial score (nSPS) is 12.4. The molecule has 0 saturated carbocycles. The number of hydrogen-bond donors (Lipinski definition) is 2. The highest BCUT2D eigenvalue weighted by Crippen LogP contribution is 2.24. The fourth-order valence-corrected chi connectivity index (χ4v) is 4.05. The van der Waals surface area contributed by atoms with Gasteiger partial charge in [-0.25, -0.2) is 18.4 Å². The van der Waals surface area contributed by atoms with E-state index in [1.54, 1.807) is 6.92 Å². The lowest BCUT2D eigenvalue weighted by atomic mass is 10.00. The molecule has 0 bridgehead atoms. The summed E-state index contributed by atoms with van der Waals surface area (Å²) in [6.07, 6.45) is 0. The Morgan fingerprint density at radius 3 is 2.50 bits per heavy atom. The van der Waals surface area contributed by atoms with Gasteiger partial charge in [-0.1, -0.05) is 48.5 Å². The molecule has 0 radical (unpaired) electrons. The fraction of sp³-hybridized carbons (Fsp3) is 0.182. The number of carbonyl (C=O) groups is 2. The maximum atomic E-state index is 12.3. The first kappa shape index (κ1) is 21.5. The molecule has 0 aliphatic rings. The summed E-state index contributed by atoms with van der Waals surface area (Å²) in [5.74, 6) is -1.28. The van der Waals surface area contributed by atoms with Gasteiger partial charge in [0, 0.05) is 0 Å². The average Bonchev–Trinajstić information content (AvgIpc) is 2.71. The highest BCUT2D eigenvalue weighted by Gasteiger charge is 2.18. The maximum absolute atomic E-state index is 12.3. The summed E-state index contributed by atoms with van der Waals surface area (Å²) >= 11 is 0. The summed E-state index contributed by atoms with van der Waals surface area (Å²) in [4.78, 5) is 24.3. The Balaban J connectivity index is 1.65. The molecule has 3 rings (SSSR count). The first-order valence-electron chi connectivity index (χ1n) is 9.24. The van der Waals surface area contributed by atoms with Crippen LogP contribution in [0.15, 0.2) is 65.6 Å². The van der Waals surface area contributed by atoms with Gasteiger partial charge in [0.05, 0.1) is 16.5 Å². The van der Waals surface area contributed by atoms with Crippen molar-refractivity contribution in [2.45, 2.75) is 24.8 Å². The number of nitrogens with two attached hydrogens (primary N) is 1. The largest absolute Gasteiger partial charge is 0.452 e. The highest BCUT2D eigenvalue weighted by atomic mass is 32.2. The number of aryl methyl sites for hydroxylation is 1. The van der Waals surface area contributed by atoms with Gasteiger partial charge in [-0.3, -0.25) is 4.79 Å². The molecule has 7 nitrogen and oxygen atoms in total. The van der Waals surface area contributed by atoms with Gasteiger partial charge in [-0.05, 0) is 47.9 Å². The average molecular weight is 426 g/mol. The second-order valence-electron chi connectivity index (χ2n) is 6.96. The number of primary sulfonamides is 1. The van der Waals surface area contributed by atoms with Crippen molar-refractivity contribution in [3.63, 3.8) is 0 Å². The van der Waals surface area contributed by atoms with E-state index in [0.29, 0.717) is 5.56 Å². The van der Waals surface area contributed by atoms with Gasteiger partial charge in [0.1, 0.15) is 0 Å². The number of sulfonamides is 1. The van der Waals surface area contributed by atoms with Gasteiger partial charge in [-0.2, -0.15) is 0 Å². The van der Waals surface area contributed by atoms with Crippen molar-refractivity contribution in [2.75, 3.05) is 6.61 Å². The quantitative estimate of drug-likeness (QED) is 0.588. The van der Waals surface area contributed by atoms with Crippen molar-refractivity contribution in [1.29, 1.82) is 0 Å². The van der Waals surface area contributed by atoms with Crippen LogP contribution in [-0.2, 0) is 19.6 Å². The molecule has 3 N–H and O–H groups in total. The minimum absolute atomic E-state index is 0.000438. The van der Waals surface area contributed by atoms with Crippen molar-refractivity contribution in [3.05, 3.63) is 77.4 Å². The summed E-state index contributed by atoms with van der Waals surface area (Å²) in [6.45, 7) is 2.92. The van der Waals surface area contributed by atoms with E-state index in [2.05, 4.69) is 5.32 Å². The summed E-state index contributed by atoms with van der Waals surface area (Å²) in [5.41, 5.74) is 1.36. The zero-order chi connectivity index (χ0) is 21.9. The number of nitrogens with one attached hydrogen (secondary N) is 1. The number of hydrogen-bond acceptors (Lipinski definition) is 5. The molecule has 1 amide bonds. The van der Waals surface area contributed by atoms with Gasteiger partial charge >= 0.3 is 5.97 Å². The Hall–Kier alpha value is -3.23. The maximum Gasteiger partial charge on any atom is 0.338 e. The van der Waals surface area contributed by atoms with Crippen LogP contribution in [0.1, 0.15) is 34.5 Å². The molecule has 0 spiro atoms. The summed E-state index contributed by atoms with van der Waals surface area (Å²) in [6, 6.07) is 17.4. The second-order valence-corrected chi connectivity index (χ2v) is 8.49. The zero-order valence-electron chi connectivity index (χ0n) is 16.6. The van der Waals surface area contributed by atoms with Gasteiger partial charge in [-0.15, -0.1) is 0 Å². The number of carbonyl (C=O) groups excluding carboxylic acids is 2. The fourth-order valence-electron chi connectivity index (χ4n) is 3.24. The number of esters is 1. The van der Waals surface area contributed by atoms with Crippen LogP contribution in [0.3, 0.4) is 0 Å². The summed E-state index contributed by atoms with van der Waals surface area (Å²) in [7, 11) is -3.97. The SMILES string of the molecule is Cc1ccc(C(=O)OCC(=O)NC(C)c2cccc3ccccc23)cc1S(N)(=O)=O. The van der Waals surface area contributed by atoms with Gasteiger partial charge in [0.15, 0.2) is 6.61 Å². The standard InChI is InChI=1S/C22H22N2O5S/c1-14-10-11-17(12-20(14)30(23,27)28)22(26)29-13-21(25)24-15(2)18-9-5-7-16-6-3-4-8-19(16)18/h3-12,15H,13H2,1-2H3,(H,24,25)(H2,23,27,28). The minimum Gasteiger partial charge on any atom is -0.452 e. The van der Waals surface area contributed by atoms with E-state index in [4.69, 9.17) is 9.88 Å². The highest BCUT2D eigenvalue weighted by molar-refractivity contribution is 7.89. The molecule has 8 heteroatoms. The smallest absolute Gasteiger partial charge is 0.338 e. The first-order chi connectivity index (χ1) is 14.2. The lowest BCUT2D eigenvalue weighted by molar-refractivity contribution is -0.124. The van der Waals surface area contributed by atoms with Crippen LogP contribution in [0.25, 0.3) is 10.8 Å². The third-order valence-electron chi connectivity index (χ3n) is 4.73. The Labute approximate surface area is 174 Å². The first-order valence-corrected chi connectivity index (χ1v) is 10.8. The molecular weight excluding hydrogens is 404 g/mol. The molecule has 30 heavy (non-hydrogen) atoms. The van der Waals surface area contributed by atoms with Gasteiger partial charge in [0.2, 0.25) is 10.0 Å². The molecule has 3 aromatic carbocycles. The van der Waals surface area contributed by atoms with Gasteiger partial charge in [0.25, 0.3) is 5.91 Å². The van der Waals surface area contributed by atoms with Crippen LogP contribution >= 0.6 is 0 Å². The van der Waals surface area contributed by atoms with Crippen LogP contribution in [0.4, 0.5) is 0 Å². The van der Waals surface area contributed by atoms with Crippen molar-refractivity contribution >= 4 is 32.7 Å². The van der Waals surface area contributed by atoms with Crippen LogP contribution < -0.4 is 10.5 Å². The molecule has 0 aliphatic heterocycles. The minimum atomic E-state index is -3.97. The number of amides is 1. The molecule has 0 fully saturated rings. The summed E-state index contributed by atoms with van der Waals surface area (Å²) < 4.78 is 28.2. The predicted octanol–water partition coefficient (Wildman–Crippen LogP) is 2.83. The third-order valence-corrected chi connectivity index (χ3v) is 5.78. The number of benzene rings is 3. The van der Waals surface area contributed by atoms with Crippen molar-refractivity contribution in [3.8, 4) is 0 Å². The van der Waals surface area contributed by atoms with E-state index >= 15 is 0 Å². The molecule has 0 aromatic heterocycles. The number of ether oxygens (including phenoxy) is 1. The van der Waals surface area contributed by atoms with E-state index in [-0.39, 0.29) is 16.5 Å². The zero-order valence-corrected chi connectivity index (χ0v) is 17.4. The Morgan fingerprint density at radius 1 is 1.07 bits per heavy atom. The van der Waals surface area contributed by atoms with Gasteiger partial charge < -0.3 is 10.1 Å². The van der Waals surface area contributed by atoms with Crippen molar-refractivity contribution < 1.29 is 22.7 Å². The Morgan fingerprint density at radius 2 is 1.77 bits per heavy atom. The van der Waals surface area contributed by atoms with E-state index in [9.17, 15) is 18.0 Å².